The lowest BCUT2D eigenvalue weighted by molar-refractivity contribution is -0.132. The summed E-state index contributed by atoms with van der Waals surface area (Å²) in [4.78, 5) is 27.3. The Hall–Kier alpha value is -2.68. The topological polar surface area (TPSA) is 120 Å². The van der Waals surface area contributed by atoms with E-state index >= 15 is 0 Å². The van der Waals surface area contributed by atoms with Crippen LogP contribution in [-0.4, -0.2) is 52.2 Å². The lowest BCUT2D eigenvalue weighted by atomic mass is 9.77. The second-order valence-corrected chi connectivity index (χ2v) is 8.44. The van der Waals surface area contributed by atoms with Gasteiger partial charge in [-0.3, -0.25) is 4.79 Å². The summed E-state index contributed by atoms with van der Waals surface area (Å²) in [5, 5.41) is 14.2. The van der Waals surface area contributed by atoms with Crippen molar-refractivity contribution in [3.05, 3.63) is 53.4 Å². The summed E-state index contributed by atoms with van der Waals surface area (Å²) in [6.45, 7) is 1.58. The fraction of sp³-hybridized carbons (Fsp3) is 0.409. The molecule has 0 spiro atoms. The molecule has 0 saturated carbocycles. The second-order valence-electron chi connectivity index (χ2n) is 8.00. The Morgan fingerprint density at radius 1 is 1.26 bits per heavy atom. The molecule has 0 aliphatic carbocycles. The van der Waals surface area contributed by atoms with Crippen LogP contribution in [-0.2, 0) is 4.79 Å². The number of carbonyl (C=O) groups excluding carboxylic acids is 1. The molecule has 0 radical (unpaired) electrons. The van der Waals surface area contributed by atoms with Crippen molar-refractivity contribution in [2.24, 2.45) is 11.1 Å². The highest BCUT2D eigenvalue weighted by Crippen LogP contribution is 2.35. The molecule has 5 N–H and O–H groups in total. The first-order valence-corrected chi connectivity index (χ1v) is 10.8. The van der Waals surface area contributed by atoms with E-state index < -0.39 is 5.41 Å². The van der Waals surface area contributed by atoms with Crippen LogP contribution in [0.4, 0.5) is 5.82 Å². The molecule has 164 valence electrons. The third-order valence-corrected chi connectivity index (χ3v) is 6.47. The van der Waals surface area contributed by atoms with Gasteiger partial charge in [0.25, 0.3) is 0 Å². The Morgan fingerprint density at radius 3 is 2.68 bits per heavy atom. The molecule has 1 amide bonds. The fourth-order valence-corrected chi connectivity index (χ4v) is 4.36. The smallest absolute Gasteiger partial charge is 0.228 e. The highest BCUT2D eigenvalue weighted by molar-refractivity contribution is 6.30. The summed E-state index contributed by atoms with van der Waals surface area (Å²) >= 11 is 5.99. The Kier molecular flexibility index (Phi) is 6.41. The number of H-pyrrole nitrogens is 1. The average Bonchev–Trinajstić information content (AvgIpc) is 3.28. The van der Waals surface area contributed by atoms with Gasteiger partial charge in [-0.15, -0.1) is 0 Å². The van der Waals surface area contributed by atoms with E-state index in [0.29, 0.717) is 37.4 Å². The first kappa shape index (κ1) is 21.5. The van der Waals surface area contributed by atoms with Gasteiger partial charge in [0.05, 0.1) is 16.8 Å². The van der Waals surface area contributed by atoms with E-state index in [0.717, 1.165) is 22.4 Å². The van der Waals surface area contributed by atoms with Crippen molar-refractivity contribution in [1.29, 1.82) is 0 Å². The van der Waals surface area contributed by atoms with Gasteiger partial charge >= 0.3 is 0 Å². The first-order valence-electron chi connectivity index (χ1n) is 10.5. The molecule has 1 aromatic carbocycles. The molecular weight excluding hydrogens is 416 g/mol. The van der Waals surface area contributed by atoms with E-state index in [2.05, 4.69) is 25.2 Å². The minimum atomic E-state index is -0.652. The summed E-state index contributed by atoms with van der Waals surface area (Å²) in [7, 11) is 0. The number of benzene rings is 1. The molecule has 1 fully saturated rings. The number of nitrogens with two attached hydrogens (primary N) is 1. The molecule has 1 atom stereocenters. The quantitative estimate of drug-likeness (QED) is 0.446. The standard InChI is InChI=1S/C22H27ClN6O2/c23-16-3-1-15(2-4-16)18(6-12-30)28-21(31)22(13-24)7-10-29(11-8-22)20-17-5-9-25-19(17)26-14-27-20/h1-5,9,14,18,30H,6-8,10-13,24H2,(H,28,31)(H,25,26,27)/t18-/m0/s1. The third kappa shape index (κ3) is 4.37. The molecular formula is C22H27ClN6O2. The van der Waals surface area contributed by atoms with Gasteiger partial charge < -0.3 is 26.0 Å². The molecule has 1 aliphatic heterocycles. The van der Waals surface area contributed by atoms with Gasteiger partial charge in [-0.1, -0.05) is 23.7 Å². The van der Waals surface area contributed by atoms with Crippen LogP contribution >= 0.6 is 11.6 Å². The number of rotatable bonds is 7. The number of hydrogen-bond acceptors (Lipinski definition) is 6. The van der Waals surface area contributed by atoms with Crippen LogP contribution < -0.4 is 16.0 Å². The lowest BCUT2D eigenvalue weighted by Gasteiger charge is -2.41. The normalized spacial score (nSPS) is 16.9. The number of amides is 1. The number of fused-ring (bicyclic) bond motifs is 1. The number of carbonyl (C=O) groups is 1. The summed E-state index contributed by atoms with van der Waals surface area (Å²) < 4.78 is 0. The van der Waals surface area contributed by atoms with Gasteiger partial charge in [0, 0.05) is 37.5 Å². The number of aromatic amines is 1. The average molecular weight is 443 g/mol. The molecule has 31 heavy (non-hydrogen) atoms. The number of aliphatic hydroxyl groups excluding tert-OH is 1. The van der Waals surface area contributed by atoms with Crippen LogP contribution in [0, 0.1) is 5.41 Å². The molecule has 1 saturated heterocycles. The number of anilines is 1. The van der Waals surface area contributed by atoms with Gasteiger partial charge in [-0.2, -0.15) is 0 Å². The number of aliphatic hydroxyl groups is 1. The van der Waals surface area contributed by atoms with Crippen molar-refractivity contribution in [2.75, 3.05) is 31.1 Å². The zero-order chi connectivity index (χ0) is 21.8. The molecule has 9 heteroatoms. The zero-order valence-corrected chi connectivity index (χ0v) is 18.0. The minimum absolute atomic E-state index is 0.0304. The number of nitrogens with one attached hydrogen (secondary N) is 2. The highest BCUT2D eigenvalue weighted by Gasteiger charge is 2.41. The number of hydrogen-bond donors (Lipinski definition) is 4. The Morgan fingerprint density at radius 2 is 2.00 bits per heavy atom. The third-order valence-electron chi connectivity index (χ3n) is 6.22. The summed E-state index contributed by atoms with van der Waals surface area (Å²) in [5.41, 5.74) is 7.19. The molecule has 0 bridgehead atoms. The molecule has 4 rings (SSSR count). The fourth-order valence-electron chi connectivity index (χ4n) is 4.24. The Labute approximate surface area is 185 Å². The van der Waals surface area contributed by atoms with E-state index in [1.165, 1.54) is 0 Å². The van der Waals surface area contributed by atoms with Crippen LogP contribution in [0.2, 0.25) is 5.02 Å². The van der Waals surface area contributed by atoms with Crippen LogP contribution in [0.15, 0.2) is 42.9 Å². The van der Waals surface area contributed by atoms with E-state index in [4.69, 9.17) is 17.3 Å². The van der Waals surface area contributed by atoms with E-state index in [1.54, 1.807) is 18.5 Å². The van der Waals surface area contributed by atoms with Crippen molar-refractivity contribution in [2.45, 2.75) is 25.3 Å². The van der Waals surface area contributed by atoms with Crippen molar-refractivity contribution in [3.63, 3.8) is 0 Å². The summed E-state index contributed by atoms with van der Waals surface area (Å²) in [6, 6.07) is 8.99. The SMILES string of the molecule is NCC1(C(=O)N[C@@H](CCO)c2ccc(Cl)cc2)CCN(c2ncnc3[nH]ccc23)CC1. The Bertz CT molecular complexity index is 1030. The zero-order valence-electron chi connectivity index (χ0n) is 17.2. The number of piperidine rings is 1. The summed E-state index contributed by atoms with van der Waals surface area (Å²) in [5.74, 6) is 0.800. The maximum Gasteiger partial charge on any atom is 0.228 e. The van der Waals surface area contributed by atoms with Crippen molar-refractivity contribution < 1.29 is 9.90 Å². The predicted octanol–water partition coefficient (Wildman–Crippen LogP) is 2.40. The first-order chi connectivity index (χ1) is 15.1. The number of aromatic nitrogens is 3. The van der Waals surface area contributed by atoms with Gasteiger partial charge in [-0.25, -0.2) is 9.97 Å². The van der Waals surface area contributed by atoms with Crippen LogP contribution in [0.25, 0.3) is 11.0 Å². The van der Waals surface area contributed by atoms with Crippen LogP contribution in [0.5, 0.6) is 0 Å². The molecule has 2 aromatic heterocycles. The molecule has 3 heterocycles. The molecule has 3 aromatic rings. The van der Waals surface area contributed by atoms with Crippen LogP contribution in [0.3, 0.4) is 0 Å². The summed E-state index contributed by atoms with van der Waals surface area (Å²) in [6.07, 6.45) is 5.07. The maximum absolute atomic E-state index is 13.3. The number of halogens is 1. The van der Waals surface area contributed by atoms with E-state index in [9.17, 15) is 9.90 Å². The lowest BCUT2D eigenvalue weighted by Crippen LogP contribution is -2.53. The number of nitrogens with zero attached hydrogens (tertiary/aromatic N) is 3. The van der Waals surface area contributed by atoms with Gasteiger partial charge in [-0.05, 0) is 43.0 Å². The van der Waals surface area contributed by atoms with Crippen molar-refractivity contribution >= 4 is 34.4 Å². The van der Waals surface area contributed by atoms with Gasteiger partial charge in [0.2, 0.25) is 5.91 Å². The minimum Gasteiger partial charge on any atom is -0.396 e. The van der Waals surface area contributed by atoms with Gasteiger partial charge in [0.15, 0.2) is 0 Å². The predicted molar refractivity (Wildman–Crippen MR) is 121 cm³/mol. The van der Waals surface area contributed by atoms with E-state index in [-0.39, 0.29) is 25.1 Å². The van der Waals surface area contributed by atoms with Crippen molar-refractivity contribution in [3.8, 4) is 0 Å². The molecule has 8 nitrogen and oxygen atoms in total. The highest BCUT2D eigenvalue weighted by atomic mass is 35.5. The second kappa shape index (κ2) is 9.21. The maximum atomic E-state index is 13.3. The van der Waals surface area contributed by atoms with Crippen molar-refractivity contribution in [1.82, 2.24) is 20.3 Å². The van der Waals surface area contributed by atoms with E-state index in [1.807, 2.05) is 24.4 Å². The molecule has 0 unspecified atom stereocenters. The van der Waals surface area contributed by atoms with Crippen LogP contribution in [0.1, 0.15) is 30.9 Å². The van der Waals surface area contributed by atoms with Gasteiger partial charge in [0.1, 0.15) is 17.8 Å². The monoisotopic (exact) mass is 442 g/mol. The molecule has 1 aliphatic rings. The largest absolute Gasteiger partial charge is 0.396 e. The Balaban J connectivity index is 1.48.